The van der Waals surface area contributed by atoms with Crippen LogP contribution in [-0.2, 0) is 6.42 Å². The normalized spacial score (nSPS) is 17.0. The average molecular weight is 354 g/mol. The first-order valence-electron chi connectivity index (χ1n) is 9.14. The van der Waals surface area contributed by atoms with E-state index >= 15 is 0 Å². The lowest BCUT2D eigenvalue weighted by Gasteiger charge is -2.30. The fourth-order valence-electron chi connectivity index (χ4n) is 3.23. The van der Waals surface area contributed by atoms with Crippen molar-refractivity contribution in [3.8, 4) is 5.75 Å². The van der Waals surface area contributed by atoms with Gasteiger partial charge in [-0.25, -0.2) is 9.97 Å². The maximum absolute atomic E-state index is 12.5. The molecule has 1 aromatic heterocycles. The first-order chi connectivity index (χ1) is 12.7. The van der Waals surface area contributed by atoms with Gasteiger partial charge in [-0.1, -0.05) is 19.1 Å². The molecular formula is C20H26N4O2. The number of carbonyl (C=O) groups excluding carboxylic acids is 1. The zero-order chi connectivity index (χ0) is 18.4. The number of piperidine rings is 1. The predicted molar refractivity (Wildman–Crippen MR) is 102 cm³/mol. The maximum atomic E-state index is 12.5. The third-order valence-electron chi connectivity index (χ3n) is 4.67. The van der Waals surface area contributed by atoms with Gasteiger partial charge in [0.1, 0.15) is 17.3 Å². The third kappa shape index (κ3) is 4.71. The van der Waals surface area contributed by atoms with Crippen molar-refractivity contribution in [3.63, 3.8) is 0 Å². The summed E-state index contributed by atoms with van der Waals surface area (Å²) in [6, 6.07) is 8.00. The lowest BCUT2D eigenvalue weighted by atomic mass is 10.0. The molecule has 1 aliphatic rings. The van der Waals surface area contributed by atoms with Gasteiger partial charge < -0.3 is 15.0 Å². The summed E-state index contributed by atoms with van der Waals surface area (Å²) in [7, 11) is 1.67. The summed E-state index contributed by atoms with van der Waals surface area (Å²) in [4.78, 5) is 23.0. The minimum atomic E-state index is -0.0213. The second-order valence-corrected chi connectivity index (χ2v) is 6.81. The summed E-state index contributed by atoms with van der Waals surface area (Å²) in [6.45, 7) is 4.53. The highest BCUT2D eigenvalue weighted by Gasteiger charge is 2.23. The molecule has 0 aliphatic carbocycles. The van der Waals surface area contributed by atoms with Crippen molar-refractivity contribution in [2.45, 2.75) is 26.2 Å². The number of methoxy groups -OCH3 is 1. The summed E-state index contributed by atoms with van der Waals surface area (Å²) in [5.74, 6) is 2.07. The SMILES string of the molecule is COc1cccc(CCNc2cnc(C(=O)N3CCCC(C)C3)cn2)c1. The Morgan fingerprint density at radius 3 is 2.96 bits per heavy atom. The molecular weight excluding hydrogens is 328 g/mol. The van der Waals surface area contributed by atoms with Gasteiger partial charge in [0, 0.05) is 19.6 Å². The van der Waals surface area contributed by atoms with Crippen LogP contribution in [0.1, 0.15) is 35.8 Å². The zero-order valence-electron chi connectivity index (χ0n) is 15.4. The minimum Gasteiger partial charge on any atom is -0.497 e. The summed E-state index contributed by atoms with van der Waals surface area (Å²) in [5.41, 5.74) is 1.60. The number of aromatic nitrogens is 2. The summed E-state index contributed by atoms with van der Waals surface area (Å²) < 4.78 is 5.23. The van der Waals surface area contributed by atoms with Crippen LogP contribution in [0.3, 0.4) is 0 Å². The minimum absolute atomic E-state index is 0.0213. The first kappa shape index (κ1) is 18.2. The smallest absolute Gasteiger partial charge is 0.274 e. The van der Waals surface area contributed by atoms with E-state index in [9.17, 15) is 4.79 Å². The monoisotopic (exact) mass is 354 g/mol. The van der Waals surface area contributed by atoms with Crippen LogP contribution in [0.25, 0.3) is 0 Å². The molecule has 1 saturated heterocycles. The Balaban J connectivity index is 1.51. The summed E-state index contributed by atoms with van der Waals surface area (Å²) in [5, 5.41) is 3.24. The van der Waals surface area contributed by atoms with Crippen molar-refractivity contribution < 1.29 is 9.53 Å². The number of benzene rings is 1. The van der Waals surface area contributed by atoms with Gasteiger partial charge in [0.15, 0.2) is 0 Å². The van der Waals surface area contributed by atoms with Crippen molar-refractivity contribution in [1.29, 1.82) is 0 Å². The van der Waals surface area contributed by atoms with Crippen LogP contribution < -0.4 is 10.1 Å². The quantitative estimate of drug-likeness (QED) is 0.864. The third-order valence-corrected chi connectivity index (χ3v) is 4.67. The van der Waals surface area contributed by atoms with Crippen molar-refractivity contribution in [3.05, 3.63) is 47.9 Å². The van der Waals surface area contributed by atoms with Crippen LogP contribution in [-0.4, -0.2) is 47.5 Å². The average Bonchev–Trinajstić information content (AvgIpc) is 2.68. The molecule has 1 amide bonds. The number of hydrogen-bond acceptors (Lipinski definition) is 5. The molecule has 1 N–H and O–H groups in total. The molecule has 0 radical (unpaired) electrons. The molecule has 6 heteroatoms. The molecule has 1 aromatic carbocycles. The van der Waals surface area contributed by atoms with Gasteiger partial charge in [-0.05, 0) is 42.9 Å². The van der Waals surface area contributed by atoms with E-state index < -0.39 is 0 Å². The Morgan fingerprint density at radius 2 is 2.23 bits per heavy atom. The number of likely N-dealkylation sites (tertiary alicyclic amines) is 1. The van der Waals surface area contributed by atoms with Crippen molar-refractivity contribution >= 4 is 11.7 Å². The summed E-state index contributed by atoms with van der Waals surface area (Å²) >= 11 is 0. The molecule has 2 heterocycles. The zero-order valence-corrected chi connectivity index (χ0v) is 15.4. The van der Waals surface area contributed by atoms with E-state index in [1.165, 1.54) is 12.0 Å². The predicted octanol–water partition coefficient (Wildman–Crippen LogP) is 3.01. The largest absolute Gasteiger partial charge is 0.497 e. The number of amides is 1. The topological polar surface area (TPSA) is 67.3 Å². The Bertz CT molecular complexity index is 733. The number of hydrogen-bond donors (Lipinski definition) is 1. The molecule has 1 fully saturated rings. The van der Waals surface area contributed by atoms with Crippen molar-refractivity contribution in [2.24, 2.45) is 5.92 Å². The molecule has 3 rings (SSSR count). The highest BCUT2D eigenvalue weighted by atomic mass is 16.5. The van der Waals surface area contributed by atoms with Crippen LogP contribution in [0.4, 0.5) is 5.82 Å². The van der Waals surface area contributed by atoms with E-state index in [1.54, 1.807) is 19.5 Å². The molecule has 0 bridgehead atoms. The standard InChI is InChI=1S/C20H26N4O2/c1-15-5-4-10-24(14-15)20(25)18-12-23-19(13-22-18)21-9-8-16-6-3-7-17(11-16)26-2/h3,6-7,11-13,15H,4-5,8-10,14H2,1-2H3,(H,21,23). The Hall–Kier alpha value is -2.63. The molecule has 1 aliphatic heterocycles. The Labute approximate surface area is 154 Å². The molecule has 26 heavy (non-hydrogen) atoms. The van der Waals surface area contributed by atoms with E-state index in [0.29, 0.717) is 17.4 Å². The molecule has 0 spiro atoms. The van der Waals surface area contributed by atoms with Crippen LogP contribution in [0.5, 0.6) is 5.75 Å². The number of nitrogens with one attached hydrogen (secondary N) is 1. The van der Waals surface area contributed by atoms with E-state index in [1.807, 2.05) is 23.1 Å². The summed E-state index contributed by atoms with van der Waals surface area (Å²) in [6.07, 6.45) is 6.29. The number of ether oxygens (including phenoxy) is 1. The molecule has 0 saturated carbocycles. The molecule has 2 aromatic rings. The number of anilines is 1. The Morgan fingerprint density at radius 1 is 1.35 bits per heavy atom. The molecule has 6 nitrogen and oxygen atoms in total. The van der Waals surface area contributed by atoms with Gasteiger partial charge in [0.2, 0.25) is 0 Å². The first-order valence-corrected chi connectivity index (χ1v) is 9.14. The second kappa shape index (κ2) is 8.65. The van der Waals surface area contributed by atoms with Crippen molar-refractivity contribution in [2.75, 3.05) is 32.1 Å². The van der Waals surface area contributed by atoms with Crippen LogP contribution in [0.15, 0.2) is 36.7 Å². The van der Waals surface area contributed by atoms with Gasteiger partial charge in [0.05, 0.1) is 19.5 Å². The van der Waals surface area contributed by atoms with Gasteiger partial charge in [-0.15, -0.1) is 0 Å². The molecule has 1 atom stereocenters. The number of rotatable bonds is 6. The second-order valence-electron chi connectivity index (χ2n) is 6.81. The molecule has 138 valence electrons. The lowest BCUT2D eigenvalue weighted by Crippen LogP contribution is -2.39. The van der Waals surface area contributed by atoms with Gasteiger partial charge in [0.25, 0.3) is 5.91 Å². The van der Waals surface area contributed by atoms with Gasteiger partial charge >= 0.3 is 0 Å². The van der Waals surface area contributed by atoms with Gasteiger partial charge in [-0.3, -0.25) is 4.79 Å². The van der Waals surface area contributed by atoms with Crippen LogP contribution >= 0.6 is 0 Å². The van der Waals surface area contributed by atoms with E-state index in [-0.39, 0.29) is 5.91 Å². The van der Waals surface area contributed by atoms with E-state index in [0.717, 1.165) is 38.2 Å². The lowest BCUT2D eigenvalue weighted by molar-refractivity contribution is 0.0676. The number of carbonyl (C=O) groups is 1. The highest BCUT2D eigenvalue weighted by molar-refractivity contribution is 5.92. The fraction of sp³-hybridized carbons (Fsp3) is 0.450. The highest BCUT2D eigenvalue weighted by Crippen LogP contribution is 2.17. The van der Waals surface area contributed by atoms with Crippen molar-refractivity contribution in [1.82, 2.24) is 14.9 Å². The molecule has 1 unspecified atom stereocenters. The fourth-order valence-corrected chi connectivity index (χ4v) is 3.23. The van der Waals surface area contributed by atoms with E-state index in [4.69, 9.17) is 4.74 Å². The van der Waals surface area contributed by atoms with Crippen LogP contribution in [0.2, 0.25) is 0 Å². The van der Waals surface area contributed by atoms with Crippen LogP contribution in [0, 0.1) is 5.92 Å². The van der Waals surface area contributed by atoms with Gasteiger partial charge in [-0.2, -0.15) is 0 Å². The number of nitrogens with zero attached hydrogens (tertiary/aromatic N) is 3. The Kier molecular flexibility index (Phi) is 6.04. The van der Waals surface area contributed by atoms with E-state index in [2.05, 4.69) is 28.3 Å². The maximum Gasteiger partial charge on any atom is 0.274 e.